The fraction of sp³-hybridized carbons (Fsp3) is 0.176. The Morgan fingerprint density at radius 2 is 1.96 bits per heavy atom. The fourth-order valence-electron chi connectivity index (χ4n) is 2.53. The highest BCUT2D eigenvalue weighted by Gasteiger charge is 2.15. The molecule has 0 radical (unpaired) electrons. The molecule has 0 bridgehead atoms. The maximum Gasteiger partial charge on any atom is 0.132 e. The number of nitrogens with zero attached hydrogens (tertiary/aromatic N) is 5. The van der Waals surface area contributed by atoms with Crippen molar-refractivity contribution in [3.05, 3.63) is 64.3 Å². The van der Waals surface area contributed by atoms with Crippen molar-refractivity contribution in [3.8, 4) is 17.3 Å². The zero-order valence-corrected chi connectivity index (χ0v) is 13.5. The zero-order valence-electron chi connectivity index (χ0n) is 12.8. The van der Waals surface area contributed by atoms with Crippen molar-refractivity contribution >= 4 is 11.6 Å². The Morgan fingerprint density at radius 3 is 2.61 bits per heavy atom. The topological polar surface area (TPSA) is 67.4 Å². The van der Waals surface area contributed by atoms with Crippen LogP contribution < -0.4 is 0 Å². The normalized spacial score (nSPS) is 10.5. The van der Waals surface area contributed by atoms with Crippen LogP contribution in [0.2, 0.25) is 5.15 Å². The first-order chi connectivity index (χ1) is 11.1. The van der Waals surface area contributed by atoms with Crippen LogP contribution in [-0.2, 0) is 13.5 Å². The molecule has 0 N–H and O–H groups in total. The van der Waals surface area contributed by atoms with Gasteiger partial charge in [-0.1, -0.05) is 23.7 Å². The van der Waals surface area contributed by atoms with Crippen LogP contribution in [0.25, 0.3) is 11.3 Å². The van der Waals surface area contributed by atoms with Crippen molar-refractivity contribution in [2.45, 2.75) is 13.3 Å². The van der Waals surface area contributed by atoms with Gasteiger partial charge < -0.3 is 0 Å². The zero-order chi connectivity index (χ0) is 16.4. The Kier molecular flexibility index (Phi) is 4.09. The van der Waals surface area contributed by atoms with Crippen LogP contribution in [0.5, 0.6) is 0 Å². The van der Waals surface area contributed by atoms with Gasteiger partial charge in [0.1, 0.15) is 11.5 Å². The van der Waals surface area contributed by atoms with E-state index in [4.69, 9.17) is 16.9 Å². The van der Waals surface area contributed by atoms with Crippen LogP contribution in [0.4, 0.5) is 0 Å². The molecule has 0 aliphatic heterocycles. The first-order valence-electron chi connectivity index (χ1n) is 7.08. The summed E-state index contributed by atoms with van der Waals surface area (Å²) >= 11 is 5.92. The van der Waals surface area contributed by atoms with E-state index in [2.05, 4.69) is 21.1 Å². The van der Waals surface area contributed by atoms with Crippen molar-refractivity contribution in [2.24, 2.45) is 7.05 Å². The molecule has 114 valence electrons. The number of aryl methyl sites for hydroxylation is 1. The highest BCUT2D eigenvalue weighted by molar-refractivity contribution is 6.29. The summed E-state index contributed by atoms with van der Waals surface area (Å²) in [5.74, 6) is 0. The summed E-state index contributed by atoms with van der Waals surface area (Å²) in [6.45, 7) is 2.04. The lowest BCUT2D eigenvalue weighted by molar-refractivity contribution is 0.720. The Labute approximate surface area is 139 Å². The van der Waals surface area contributed by atoms with Gasteiger partial charge in [0.05, 0.1) is 23.0 Å². The molecule has 0 atom stereocenters. The van der Waals surface area contributed by atoms with Crippen LogP contribution in [0.15, 0.2) is 36.7 Å². The minimum absolute atomic E-state index is 0.433. The molecule has 0 unspecified atom stereocenters. The van der Waals surface area contributed by atoms with E-state index < -0.39 is 0 Å². The lowest BCUT2D eigenvalue weighted by Crippen LogP contribution is -2.02. The summed E-state index contributed by atoms with van der Waals surface area (Å²) in [6.07, 6.45) is 2.10. The molecule has 0 aliphatic rings. The molecule has 0 amide bonds. The van der Waals surface area contributed by atoms with E-state index in [1.165, 1.54) is 6.33 Å². The van der Waals surface area contributed by atoms with Gasteiger partial charge in [0, 0.05) is 24.7 Å². The van der Waals surface area contributed by atoms with Crippen LogP contribution in [-0.4, -0.2) is 19.7 Å². The molecule has 2 aromatic heterocycles. The fourth-order valence-corrected chi connectivity index (χ4v) is 2.70. The molecule has 3 rings (SSSR count). The Balaban J connectivity index is 1.97. The van der Waals surface area contributed by atoms with Crippen LogP contribution in [0, 0.1) is 18.3 Å². The van der Waals surface area contributed by atoms with Gasteiger partial charge in [-0.2, -0.15) is 10.4 Å². The molecule has 0 fully saturated rings. The van der Waals surface area contributed by atoms with Crippen molar-refractivity contribution in [1.29, 1.82) is 5.26 Å². The molecular weight excluding hydrogens is 310 g/mol. The minimum Gasteiger partial charge on any atom is -0.271 e. The lowest BCUT2D eigenvalue weighted by atomic mass is 10.0. The van der Waals surface area contributed by atoms with Crippen LogP contribution in [0.1, 0.15) is 22.5 Å². The van der Waals surface area contributed by atoms with Crippen molar-refractivity contribution in [3.63, 3.8) is 0 Å². The van der Waals surface area contributed by atoms with Gasteiger partial charge in [-0.3, -0.25) is 4.68 Å². The molecular formula is C17H14ClN5. The highest BCUT2D eigenvalue weighted by Crippen LogP contribution is 2.26. The number of aromatic nitrogens is 4. The number of nitriles is 1. The largest absolute Gasteiger partial charge is 0.271 e. The summed E-state index contributed by atoms with van der Waals surface area (Å²) in [4.78, 5) is 8.15. The number of hydrogen-bond donors (Lipinski definition) is 0. The second kappa shape index (κ2) is 6.19. The van der Waals surface area contributed by atoms with Crippen molar-refractivity contribution in [2.75, 3.05) is 0 Å². The molecule has 1 aromatic carbocycles. The third kappa shape index (κ3) is 3.08. The molecule has 0 saturated heterocycles. The van der Waals surface area contributed by atoms with Gasteiger partial charge in [-0.25, -0.2) is 9.97 Å². The number of benzene rings is 1. The quantitative estimate of drug-likeness (QED) is 0.693. The lowest BCUT2D eigenvalue weighted by Gasteiger charge is -2.03. The van der Waals surface area contributed by atoms with E-state index in [0.29, 0.717) is 17.1 Å². The Hall–Kier alpha value is -2.71. The maximum atomic E-state index is 8.90. The van der Waals surface area contributed by atoms with Gasteiger partial charge in [0.2, 0.25) is 0 Å². The maximum absolute atomic E-state index is 8.90. The molecule has 6 heteroatoms. The Morgan fingerprint density at radius 1 is 1.22 bits per heavy atom. The summed E-state index contributed by atoms with van der Waals surface area (Å²) in [5, 5.41) is 13.9. The van der Waals surface area contributed by atoms with Gasteiger partial charge in [-0.15, -0.1) is 0 Å². The minimum atomic E-state index is 0.433. The first kappa shape index (κ1) is 15.2. The van der Waals surface area contributed by atoms with Crippen molar-refractivity contribution < 1.29 is 0 Å². The molecule has 23 heavy (non-hydrogen) atoms. The van der Waals surface area contributed by atoms with Gasteiger partial charge in [-0.05, 0) is 30.7 Å². The first-order valence-corrected chi connectivity index (χ1v) is 7.45. The molecule has 5 nitrogen and oxygen atoms in total. The molecule has 0 saturated carbocycles. The van der Waals surface area contributed by atoms with Gasteiger partial charge >= 0.3 is 0 Å². The van der Waals surface area contributed by atoms with E-state index in [9.17, 15) is 0 Å². The Bertz CT molecular complexity index is 890. The SMILES string of the molecule is Cc1c(-c2ccc(C#N)cc2)nn(C)c1Cc1cc(Cl)ncn1. The summed E-state index contributed by atoms with van der Waals surface area (Å²) in [7, 11) is 1.91. The van der Waals surface area contributed by atoms with Gasteiger partial charge in [0.25, 0.3) is 0 Å². The predicted molar refractivity (Wildman–Crippen MR) is 87.9 cm³/mol. The van der Waals surface area contributed by atoms with Crippen molar-refractivity contribution in [1.82, 2.24) is 19.7 Å². The number of rotatable bonds is 3. The standard InChI is InChI=1S/C17H14ClN5/c1-11-15(7-14-8-16(18)21-10-20-14)23(2)22-17(11)13-5-3-12(9-19)4-6-13/h3-6,8,10H,7H2,1-2H3. The predicted octanol–water partition coefficient (Wildman–Crippen LogP) is 3.30. The number of hydrogen-bond acceptors (Lipinski definition) is 4. The van der Waals surface area contributed by atoms with Gasteiger partial charge in [0.15, 0.2) is 0 Å². The molecule has 0 spiro atoms. The average molecular weight is 324 g/mol. The highest BCUT2D eigenvalue weighted by atomic mass is 35.5. The van der Waals surface area contributed by atoms with E-state index >= 15 is 0 Å². The summed E-state index contributed by atoms with van der Waals surface area (Å²) < 4.78 is 1.86. The second-order valence-corrected chi connectivity index (χ2v) is 5.63. The molecule has 2 heterocycles. The summed E-state index contributed by atoms with van der Waals surface area (Å²) in [6, 6.07) is 11.3. The molecule has 3 aromatic rings. The van der Waals surface area contributed by atoms with Crippen LogP contribution >= 0.6 is 11.6 Å². The van der Waals surface area contributed by atoms with E-state index in [1.54, 1.807) is 18.2 Å². The third-order valence-electron chi connectivity index (χ3n) is 3.76. The average Bonchev–Trinajstić information content (AvgIpc) is 2.83. The van der Waals surface area contributed by atoms with Crippen LogP contribution in [0.3, 0.4) is 0 Å². The summed E-state index contributed by atoms with van der Waals surface area (Å²) in [5.41, 5.74) is 5.54. The smallest absolute Gasteiger partial charge is 0.132 e. The van der Waals surface area contributed by atoms with E-state index in [0.717, 1.165) is 28.2 Å². The third-order valence-corrected chi connectivity index (χ3v) is 3.96. The second-order valence-electron chi connectivity index (χ2n) is 5.24. The van der Waals surface area contributed by atoms with E-state index in [-0.39, 0.29) is 0 Å². The number of halogens is 1. The molecule has 0 aliphatic carbocycles. The van der Waals surface area contributed by atoms with E-state index in [1.807, 2.05) is 30.8 Å². The monoisotopic (exact) mass is 323 g/mol.